The molecule has 0 radical (unpaired) electrons. The van der Waals surface area contributed by atoms with Gasteiger partial charge in [-0.1, -0.05) is 31.2 Å². The maximum absolute atomic E-state index is 12.6. The second-order valence-electron chi connectivity index (χ2n) is 7.06. The number of benzene rings is 1. The van der Waals surface area contributed by atoms with Gasteiger partial charge in [0.2, 0.25) is 5.91 Å². The molecule has 0 bridgehead atoms. The lowest BCUT2D eigenvalue weighted by Gasteiger charge is -2.34. The molecule has 1 aromatic carbocycles. The number of carbonyl (C=O) groups excluding carboxylic acids is 1. The van der Waals surface area contributed by atoms with E-state index in [0.717, 1.165) is 18.8 Å². The van der Waals surface area contributed by atoms with Gasteiger partial charge in [-0.05, 0) is 61.5 Å². The molecule has 0 heterocycles. The molecule has 21 heavy (non-hydrogen) atoms. The monoisotopic (exact) mass is 285 g/mol. The Balaban J connectivity index is 1.59. The van der Waals surface area contributed by atoms with Crippen molar-refractivity contribution in [1.82, 2.24) is 4.90 Å². The zero-order valence-electron chi connectivity index (χ0n) is 13.3. The molecule has 2 heteroatoms. The Kier molecular flexibility index (Phi) is 4.32. The smallest absolute Gasteiger partial charge is 0.223 e. The van der Waals surface area contributed by atoms with Crippen LogP contribution >= 0.6 is 0 Å². The van der Waals surface area contributed by atoms with E-state index in [-0.39, 0.29) is 0 Å². The fraction of sp³-hybridized carbons (Fsp3) is 0.632. The third kappa shape index (κ3) is 3.14. The van der Waals surface area contributed by atoms with Crippen molar-refractivity contribution in [2.75, 3.05) is 7.05 Å². The topological polar surface area (TPSA) is 20.3 Å². The minimum absolute atomic E-state index is 0.344. The second kappa shape index (κ2) is 6.21. The van der Waals surface area contributed by atoms with E-state index >= 15 is 0 Å². The Hall–Kier alpha value is -1.31. The van der Waals surface area contributed by atoms with Gasteiger partial charge in [0.1, 0.15) is 0 Å². The highest BCUT2D eigenvalue weighted by Crippen LogP contribution is 2.36. The van der Waals surface area contributed by atoms with E-state index in [4.69, 9.17) is 0 Å². The molecule has 2 nitrogen and oxygen atoms in total. The van der Waals surface area contributed by atoms with Crippen molar-refractivity contribution in [2.45, 2.75) is 63.8 Å². The van der Waals surface area contributed by atoms with Crippen LogP contribution < -0.4 is 0 Å². The lowest BCUT2D eigenvalue weighted by Crippen LogP contribution is -2.39. The molecule has 0 N–H and O–H groups in total. The summed E-state index contributed by atoms with van der Waals surface area (Å²) in [5.74, 6) is 1.63. The maximum Gasteiger partial charge on any atom is 0.223 e. The molecule has 1 fully saturated rings. The molecule has 1 amide bonds. The van der Waals surface area contributed by atoms with E-state index in [1.165, 1.54) is 36.8 Å². The number of fused-ring (bicyclic) bond motifs is 1. The van der Waals surface area contributed by atoms with E-state index in [9.17, 15) is 4.79 Å². The molecule has 0 aromatic heterocycles. The maximum atomic E-state index is 12.6. The highest BCUT2D eigenvalue weighted by Gasteiger charge is 2.29. The van der Waals surface area contributed by atoms with Gasteiger partial charge >= 0.3 is 0 Å². The van der Waals surface area contributed by atoms with E-state index in [1.54, 1.807) is 0 Å². The standard InChI is InChI=1S/C19H27NO/c1-14-7-11-17(12-8-14)20(2)19(21)13-16-10-9-15-5-3-4-6-18(15)16/h3-6,14,16-17H,7-13H2,1-2H3. The number of carbonyl (C=O) groups is 1. The summed E-state index contributed by atoms with van der Waals surface area (Å²) in [4.78, 5) is 14.7. The number of hydrogen-bond acceptors (Lipinski definition) is 1. The van der Waals surface area contributed by atoms with E-state index < -0.39 is 0 Å². The van der Waals surface area contributed by atoms with Gasteiger partial charge in [-0.25, -0.2) is 0 Å². The Bertz CT molecular complexity index is 502. The molecule has 114 valence electrons. The molecule has 0 saturated heterocycles. The highest BCUT2D eigenvalue weighted by atomic mass is 16.2. The first-order chi connectivity index (χ1) is 10.1. The first kappa shape index (κ1) is 14.6. The van der Waals surface area contributed by atoms with Crippen LogP contribution in [0.5, 0.6) is 0 Å². The van der Waals surface area contributed by atoms with Crippen LogP contribution in [-0.4, -0.2) is 23.9 Å². The zero-order valence-corrected chi connectivity index (χ0v) is 13.3. The van der Waals surface area contributed by atoms with Crippen molar-refractivity contribution in [3.63, 3.8) is 0 Å². The average molecular weight is 285 g/mol. The molecule has 3 rings (SSSR count). The van der Waals surface area contributed by atoms with Crippen molar-refractivity contribution in [3.05, 3.63) is 35.4 Å². The van der Waals surface area contributed by atoms with Gasteiger partial charge in [0.25, 0.3) is 0 Å². The normalized spacial score (nSPS) is 28.2. The Labute approximate surface area is 128 Å². The summed E-state index contributed by atoms with van der Waals surface area (Å²) in [6.07, 6.45) is 7.89. The van der Waals surface area contributed by atoms with Crippen LogP contribution in [0.15, 0.2) is 24.3 Å². The van der Waals surface area contributed by atoms with Gasteiger partial charge in [-0.2, -0.15) is 0 Å². The summed E-state index contributed by atoms with van der Waals surface area (Å²) in [7, 11) is 2.02. The molecule has 0 spiro atoms. The molecule has 2 aliphatic carbocycles. The summed E-state index contributed by atoms with van der Waals surface area (Å²) in [6, 6.07) is 9.12. The van der Waals surface area contributed by atoms with Crippen molar-refractivity contribution in [3.8, 4) is 0 Å². The summed E-state index contributed by atoms with van der Waals surface area (Å²) in [6.45, 7) is 2.33. The number of rotatable bonds is 3. The van der Waals surface area contributed by atoms with Crippen LogP contribution in [-0.2, 0) is 11.2 Å². The SMILES string of the molecule is CC1CCC(N(C)C(=O)CC2CCc3ccccc32)CC1. The van der Waals surface area contributed by atoms with Gasteiger partial charge in [0, 0.05) is 19.5 Å². The van der Waals surface area contributed by atoms with E-state index in [2.05, 4.69) is 31.2 Å². The average Bonchev–Trinajstić information content (AvgIpc) is 2.91. The fourth-order valence-electron chi connectivity index (χ4n) is 4.05. The molecule has 0 aliphatic heterocycles. The summed E-state index contributed by atoms with van der Waals surface area (Å²) < 4.78 is 0. The van der Waals surface area contributed by atoms with E-state index in [1.807, 2.05) is 11.9 Å². The number of aryl methyl sites for hydroxylation is 1. The van der Waals surface area contributed by atoms with Crippen LogP contribution in [0.25, 0.3) is 0 Å². The molecule has 1 unspecified atom stereocenters. The molecule has 2 aliphatic rings. The largest absolute Gasteiger partial charge is 0.343 e. The first-order valence-corrected chi connectivity index (χ1v) is 8.48. The van der Waals surface area contributed by atoms with Gasteiger partial charge < -0.3 is 4.90 Å². The van der Waals surface area contributed by atoms with Crippen LogP contribution in [0, 0.1) is 5.92 Å². The lowest BCUT2D eigenvalue weighted by molar-refractivity contribution is -0.133. The number of amides is 1. The second-order valence-corrected chi connectivity index (χ2v) is 7.06. The van der Waals surface area contributed by atoms with Gasteiger partial charge in [-0.3, -0.25) is 4.79 Å². The number of hydrogen-bond donors (Lipinski definition) is 0. The summed E-state index contributed by atoms with van der Waals surface area (Å²) in [5, 5.41) is 0. The van der Waals surface area contributed by atoms with Crippen LogP contribution in [0.4, 0.5) is 0 Å². The molecular formula is C19H27NO. The van der Waals surface area contributed by atoms with Crippen LogP contribution in [0.2, 0.25) is 0 Å². The van der Waals surface area contributed by atoms with Crippen molar-refractivity contribution < 1.29 is 4.79 Å². The molecule has 1 aromatic rings. The first-order valence-electron chi connectivity index (χ1n) is 8.48. The minimum Gasteiger partial charge on any atom is -0.343 e. The van der Waals surface area contributed by atoms with Crippen LogP contribution in [0.1, 0.15) is 62.5 Å². The van der Waals surface area contributed by atoms with Gasteiger partial charge in [-0.15, -0.1) is 0 Å². The summed E-state index contributed by atoms with van der Waals surface area (Å²) >= 11 is 0. The Morgan fingerprint density at radius 3 is 2.62 bits per heavy atom. The van der Waals surface area contributed by atoms with Crippen molar-refractivity contribution in [1.29, 1.82) is 0 Å². The Morgan fingerprint density at radius 2 is 1.86 bits per heavy atom. The van der Waals surface area contributed by atoms with Crippen LogP contribution in [0.3, 0.4) is 0 Å². The minimum atomic E-state index is 0.344. The van der Waals surface area contributed by atoms with Gasteiger partial charge in [0.15, 0.2) is 0 Å². The van der Waals surface area contributed by atoms with Crippen molar-refractivity contribution >= 4 is 5.91 Å². The third-order valence-corrected chi connectivity index (χ3v) is 5.60. The van der Waals surface area contributed by atoms with E-state index in [0.29, 0.717) is 24.3 Å². The lowest BCUT2D eigenvalue weighted by atomic mass is 9.86. The third-order valence-electron chi connectivity index (χ3n) is 5.60. The van der Waals surface area contributed by atoms with Crippen molar-refractivity contribution in [2.24, 2.45) is 5.92 Å². The fourth-order valence-corrected chi connectivity index (χ4v) is 4.05. The Morgan fingerprint density at radius 1 is 1.14 bits per heavy atom. The molecule has 1 atom stereocenters. The predicted octanol–water partition coefficient (Wildman–Crippen LogP) is 4.14. The number of nitrogens with zero attached hydrogens (tertiary/aromatic N) is 1. The highest BCUT2D eigenvalue weighted by molar-refractivity contribution is 5.77. The molecular weight excluding hydrogens is 258 g/mol. The predicted molar refractivity (Wildman–Crippen MR) is 86.3 cm³/mol. The quantitative estimate of drug-likeness (QED) is 0.817. The summed E-state index contributed by atoms with van der Waals surface area (Å²) in [5.41, 5.74) is 2.86. The zero-order chi connectivity index (χ0) is 14.8. The van der Waals surface area contributed by atoms with Gasteiger partial charge in [0.05, 0.1) is 0 Å². The molecule has 1 saturated carbocycles.